The minimum atomic E-state index is -0.835. The number of aryl methyl sites for hydroxylation is 2. The van der Waals surface area contributed by atoms with Crippen molar-refractivity contribution in [2.45, 2.75) is 24.6 Å². The maximum absolute atomic E-state index is 13.2. The second-order valence-electron chi connectivity index (χ2n) is 4.94. The third-order valence-corrected chi connectivity index (χ3v) is 5.23. The number of hydrogen-bond acceptors (Lipinski definition) is 5. The first-order valence-corrected chi connectivity index (χ1v) is 8.68. The van der Waals surface area contributed by atoms with Gasteiger partial charge in [0.25, 0.3) is 0 Å². The summed E-state index contributed by atoms with van der Waals surface area (Å²) in [6, 6.07) is 7.68. The van der Waals surface area contributed by atoms with E-state index < -0.39 is 11.6 Å². The van der Waals surface area contributed by atoms with Crippen LogP contribution in [0, 0.1) is 25.5 Å². The molecular weight excluding hydrogens is 336 g/mol. The van der Waals surface area contributed by atoms with Gasteiger partial charge in [-0.15, -0.1) is 21.5 Å². The highest BCUT2D eigenvalue weighted by molar-refractivity contribution is 7.98. The van der Waals surface area contributed by atoms with Gasteiger partial charge in [0, 0.05) is 5.75 Å². The summed E-state index contributed by atoms with van der Waals surface area (Å²) in [7, 11) is 0. The molecule has 7 heteroatoms. The van der Waals surface area contributed by atoms with E-state index in [0.717, 1.165) is 32.4 Å². The monoisotopic (exact) mass is 349 g/mol. The predicted molar refractivity (Wildman–Crippen MR) is 88.5 cm³/mol. The molecule has 0 radical (unpaired) electrons. The molecule has 0 unspecified atom stereocenters. The Morgan fingerprint density at radius 1 is 1.04 bits per heavy atom. The molecule has 1 aromatic carbocycles. The molecule has 2 aromatic heterocycles. The zero-order valence-electron chi connectivity index (χ0n) is 12.5. The summed E-state index contributed by atoms with van der Waals surface area (Å²) in [4.78, 5) is 5.40. The highest BCUT2D eigenvalue weighted by Gasteiger charge is 2.10. The molecule has 3 nitrogen and oxygen atoms in total. The Hall–Kier alpha value is -1.86. The van der Waals surface area contributed by atoms with Gasteiger partial charge < -0.3 is 0 Å². The minimum Gasteiger partial charge on any atom is -0.246 e. The van der Waals surface area contributed by atoms with Crippen LogP contribution in [-0.4, -0.2) is 15.2 Å². The summed E-state index contributed by atoms with van der Waals surface area (Å²) in [6.45, 7) is 3.91. The molecule has 2 heterocycles. The van der Waals surface area contributed by atoms with Crippen LogP contribution < -0.4 is 0 Å². The first kappa shape index (κ1) is 16.0. The fourth-order valence-electron chi connectivity index (χ4n) is 2.07. The van der Waals surface area contributed by atoms with Gasteiger partial charge >= 0.3 is 0 Å². The number of thioether (sulfide) groups is 1. The van der Waals surface area contributed by atoms with Crippen molar-refractivity contribution in [2.75, 3.05) is 0 Å². The van der Waals surface area contributed by atoms with Crippen molar-refractivity contribution >= 4 is 23.1 Å². The van der Waals surface area contributed by atoms with Crippen LogP contribution in [0.4, 0.5) is 8.78 Å². The third kappa shape index (κ3) is 3.73. The average molecular weight is 349 g/mol. The Bertz CT molecular complexity index is 832. The van der Waals surface area contributed by atoms with Crippen LogP contribution in [-0.2, 0) is 5.75 Å². The summed E-state index contributed by atoms with van der Waals surface area (Å²) in [5.41, 5.74) is 2.45. The standard InChI is InChI=1S/C16H13F2N3S2/c1-9-16(23-10(2)19-9)14-5-6-15(21-20-14)22-8-11-3-4-12(17)13(18)7-11/h3-7H,8H2,1-2H3. The van der Waals surface area contributed by atoms with Crippen molar-refractivity contribution in [1.29, 1.82) is 0 Å². The SMILES string of the molecule is Cc1nc(C)c(-c2ccc(SCc3ccc(F)c(F)c3)nn2)s1. The Morgan fingerprint density at radius 3 is 2.48 bits per heavy atom. The van der Waals surface area contributed by atoms with E-state index in [9.17, 15) is 8.78 Å². The molecule has 0 saturated carbocycles. The van der Waals surface area contributed by atoms with Crippen molar-refractivity contribution in [2.24, 2.45) is 0 Å². The molecule has 3 rings (SSSR count). The van der Waals surface area contributed by atoms with Crippen molar-refractivity contribution in [3.63, 3.8) is 0 Å². The number of aromatic nitrogens is 3. The topological polar surface area (TPSA) is 38.7 Å². The van der Waals surface area contributed by atoms with Crippen molar-refractivity contribution < 1.29 is 8.78 Å². The van der Waals surface area contributed by atoms with E-state index in [4.69, 9.17) is 0 Å². The van der Waals surface area contributed by atoms with Gasteiger partial charge in [-0.2, -0.15) is 0 Å². The molecular formula is C16H13F2N3S2. The van der Waals surface area contributed by atoms with Crippen LogP contribution in [0.3, 0.4) is 0 Å². The second kappa shape index (κ2) is 6.72. The second-order valence-corrected chi connectivity index (χ2v) is 7.14. The molecule has 0 spiro atoms. The van der Waals surface area contributed by atoms with E-state index in [1.807, 2.05) is 26.0 Å². The molecule has 118 valence electrons. The van der Waals surface area contributed by atoms with Crippen LogP contribution in [0.5, 0.6) is 0 Å². The normalized spacial score (nSPS) is 11.0. The quantitative estimate of drug-likeness (QED) is 0.635. The maximum atomic E-state index is 13.2. The molecule has 0 saturated heterocycles. The first-order chi connectivity index (χ1) is 11.0. The van der Waals surface area contributed by atoms with Crippen LogP contribution in [0.2, 0.25) is 0 Å². The van der Waals surface area contributed by atoms with Gasteiger partial charge in [-0.25, -0.2) is 13.8 Å². The Kier molecular flexibility index (Phi) is 4.68. The molecule has 0 amide bonds. The lowest BCUT2D eigenvalue weighted by molar-refractivity contribution is 0.507. The van der Waals surface area contributed by atoms with Crippen molar-refractivity contribution in [1.82, 2.24) is 15.2 Å². The lowest BCUT2D eigenvalue weighted by atomic mass is 10.2. The first-order valence-electron chi connectivity index (χ1n) is 6.88. The number of halogens is 2. The Morgan fingerprint density at radius 2 is 1.87 bits per heavy atom. The van der Waals surface area contributed by atoms with E-state index in [1.54, 1.807) is 17.4 Å². The molecule has 0 aliphatic rings. The zero-order chi connectivity index (χ0) is 16.4. The van der Waals surface area contributed by atoms with E-state index in [2.05, 4.69) is 15.2 Å². The predicted octanol–water partition coefficient (Wildman–Crippen LogP) is 4.79. The summed E-state index contributed by atoms with van der Waals surface area (Å²) >= 11 is 3.02. The smallest absolute Gasteiger partial charge is 0.159 e. The van der Waals surface area contributed by atoms with E-state index in [1.165, 1.54) is 17.8 Å². The van der Waals surface area contributed by atoms with Gasteiger partial charge in [0.1, 0.15) is 10.7 Å². The fraction of sp³-hybridized carbons (Fsp3) is 0.188. The zero-order valence-corrected chi connectivity index (χ0v) is 14.1. The lowest BCUT2D eigenvalue weighted by Crippen LogP contribution is -1.91. The number of hydrogen-bond donors (Lipinski definition) is 0. The number of rotatable bonds is 4. The minimum absolute atomic E-state index is 0.504. The van der Waals surface area contributed by atoms with Gasteiger partial charge in [0.2, 0.25) is 0 Å². The van der Waals surface area contributed by atoms with Crippen molar-refractivity contribution in [3.8, 4) is 10.6 Å². The molecule has 0 aliphatic carbocycles. The van der Waals surface area contributed by atoms with Crippen LogP contribution >= 0.6 is 23.1 Å². The maximum Gasteiger partial charge on any atom is 0.159 e. The average Bonchev–Trinajstić information content (AvgIpc) is 2.87. The molecule has 0 N–H and O–H groups in total. The van der Waals surface area contributed by atoms with Crippen LogP contribution in [0.25, 0.3) is 10.6 Å². The molecule has 3 aromatic rings. The summed E-state index contributed by atoms with van der Waals surface area (Å²) in [5, 5.41) is 10.1. The third-order valence-electron chi connectivity index (χ3n) is 3.15. The van der Waals surface area contributed by atoms with Crippen molar-refractivity contribution in [3.05, 3.63) is 58.2 Å². The summed E-state index contributed by atoms with van der Waals surface area (Å²) < 4.78 is 26.1. The molecule has 0 bridgehead atoms. The number of thiazole rings is 1. The molecule has 0 aliphatic heterocycles. The number of benzene rings is 1. The molecule has 23 heavy (non-hydrogen) atoms. The Labute approximate surface area is 140 Å². The summed E-state index contributed by atoms with van der Waals surface area (Å²) in [5.74, 6) is -1.16. The highest BCUT2D eigenvalue weighted by atomic mass is 32.2. The number of nitrogens with zero attached hydrogens (tertiary/aromatic N) is 3. The van der Waals surface area contributed by atoms with Gasteiger partial charge in [-0.3, -0.25) is 0 Å². The van der Waals surface area contributed by atoms with Crippen LogP contribution in [0.15, 0.2) is 35.4 Å². The Balaban J connectivity index is 1.70. The van der Waals surface area contributed by atoms with Gasteiger partial charge in [-0.1, -0.05) is 17.8 Å². The van der Waals surface area contributed by atoms with E-state index in [-0.39, 0.29) is 0 Å². The molecule has 0 fully saturated rings. The van der Waals surface area contributed by atoms with Crippen LogP contribution in [0.1, 0.15) is 16.3 Å². The summed E-state index contributed by atoms with van der Waals surface area (Å²) in [6.07, 6.45) is 0. The largest absolute Gasteiger partial charge is 0.246 e. The fourth-order valence-corrected chi connectivity index (χ4v) is 3.72. The molecule has 0 atom stereocenters. The van der Waals surface area contributed by atoms with E-state index in [0.29, 0.717) is 11.3 Å². The lowest BCUT2D eigenvalue weighted by Gasteiger charge is -2.03. The van der Waals surface area contributed by atoms with Gasteiger partial charge in [0.05, 0.1) is 15.6 Å². The van der Waals surface area contributed by atoms with Gasteiger partial charge in [0.15, 0.2) is 11.6 Å². The van der Waals surface area contributed by atoms with E-state index >= 15 is 0 Å². The highest BCUT2D eigenvalue weighted by Crippen LogP contribution is 2.29. The van der Waals surface area contributed by atoms with Gasteiger partial charge in [-0.05, 0) is 43.7 Å².